The monoisotopic (exact) mass is 174 g/mol. The number of carbonyl (C=O) groups excluding carboxylic acids is 1. The third-order valence-corrected chi connectivity index (χ3v) is 2.60. The highest BCUT2D eigenvalue weighted by Gasteiger charge is 2.40. The molecule has 0 spiro atoms. The summed E-state index contributed by atoms with van der Waals surface area (Å²) < 4.78 is 0. The Morgan fingerprint density at radius 3 is 2.33 bits per heavy atom. The van der Waals surface area contributed by atoms with E-state index in [9.17, 15) is 15.0 Å². The van der Waals surface area contributed by atoms with Crippen molar-refractivity contribution in [1.82, 2.24) is 0 Å². The molecular weight excluding hydrogens is 160 g/mol. The first kappa shape index (κ1) is 9.64. The van der Waals surface area contributed by atoms with Gasteiger partial charge in [-0.05, 0) is 12.3 Å². The SMILES string of the molecule is O=CC[C@@H]1[C@@H](CO)[C@H](O)C[C@@H]1O. The van der Waals surface area contributed by atoms with E-state index >= 15 is 0 Å². The molecule has 0 aromatic carbocycles. The summed E-state index contributed by atoms with van der Waals surface area (Å²) in [4.78, 5) is 10.2. The fourth-order valence-corrected chi connectivity index (χ4v) is 1.87. The molecule has 0 saturated heterocycles. The third-order valence-electron chi connectivity index (χ3n) is 2.60. The van der Waals surface area contributed by atoms with E-state index in [-0.39, 0.29) is 31.3 Å². The van der Waals surface area contributed by atoms with Crippen molar-refractivity contribution in [3.05, 3.63) is 0 Å². The second-order valence-corrected chi connectivity index (χ2v) is 3.28. The van der Waals surface area contributed by atoms with Crippen LogP contribution in [0.25, 0.3) is 0 Å². The summed E-state index contributed by atoms with van der Waals surface area (Å²) in [6.45, 7) is -0.170. The summed E-state index contributed by atoms with van der Waals surface area (Å²) in [7, 11) is 0. The first-order valence-electron chi connectivity index (χ1n) is 4.11. The van der Waals surface area contributed by atoms with Crippen molar-refractivity contribution in [2.24, 2.45) is 11.8 Å². The topological polar surface area (TPSA) is 77.8 Å². The van der Waals surface area contributed by atoms with Crippen LogP contribution in [0.2, 0.25) is 0 Å². The van der Waals surface area contributed by atoms with E-state index in [2.05, 4.69) is 0 Å². The molecule has 4 heteroatoms. The van der Waals surface area contributed by atoms with Crippen molar-refractivity contribution in [2.45, 2.75) is 25.0 Å². The van der Waals surface area contributed by atoms with Crippen LogP contribution in [0.1, 0.15) is 12.8 Å². The van der Waals surface area contributed by atoms with Gasteiger partial charge in [0.1, 0.15) is 6.29 Å². The van der Waals surface area contributed by atoms with Crippen LogP contribution < -0.4 is 0 Å². The minimum atomic E-state index is -0.671. The number of hydrogen-bond acceptors (Lipinski definition) is 4. The molecule has 0 aromatic rings. The zero-order valence-corrected chi connectivity index (χ0v) is 6.76. The van der Waals surface area contributed by atoms with Crippen molar-refractivity contribution >= 4 is 6.29 Å². The minimum absolute atomic E-state index is 0.170. The van der Waals surface area contributed by atoms with Gasteiger partial charge in [-0.1, -0.05) is 0 Å². The summed E-state index contributed by atoms with van der Waals surface area (Å²) in [6, 6.07) is 0. The highest BCUT2D eigenvalue weighted by atomic mass is 16.3. The number of aliphatic hydroxyl groups excluding tert-OH is 3. The van der Waals surface area contributed by atoms with Gasteiger partial charge in [0.2, 0.25) is 0 Å². The normalized spacial score (nSPS) is 41.6. The van der Waals surface area contributed by atoms with Gasteiger partial charge in [0.25, 0.3) is 0 Å². The van der Waals surface area contributed by atoms with Gasteiger partial charge in [0, 0.05) is 18.9 Å². The molecule has 70 valence electrons. The molecule has 0 bridgehead atoms. The molecule has 0 amide bonds. The quantitative estimate of drug-likeness (QED) is 0.476. The minimum Gasteiger partial charge on any atom is -0.396 e. The van der Waals surface area contributed by atoms with Crippen molar-refractivity contribution < 1.29 is 20.1 Å². The Bertz CT molecular complexity index is 159. The van der Waals surface area contributed by atoms with E-state index in [1.807, 2.05) is 0 Å². The predicted octanol–water partition coefficient (Wildman–Crippen LogP) is -1.07. The molecule has 1 rings (SSSR count). The lowest BCUT2D eigenvalue weighted by molar-refractivity contribution is -0.109. The molecule has 3 N–H and O–H groups in total. The lowest BCUT2D eigenvalue weighted by atomic mass is 9.92. The highest BCUT2D eigenvalue weighted by Crippen LogP contribution is 2.33. The maximum absolute atomic E-state index is 10.2. The highest BCUT2D eigenvalue weighted by molar-refractivity contribution is 5.50. The van der Waals surface area contributed by atoms with Gasteiger partial charge >= 0.3 is 0 Å². The molecule has 0 unspecified atom stereocenters. The Labute approximate surface area is 70.8 Å². The van der Waals surface area contributed by atoms with E-state index < -0.39 is 12.2 Å². The van der Waals surface area contributed by atoms with Crippen LogP contribution in [-0.2, 0) is 4.79 Å². The van der Waals surface area contributed by atoms with Gasteiger partial charge < -0.3 is 20.1 Å². The van der Waals surface area contributed by atoms with E-state index in [0.717, 1.165) is 0 Å². The zero-order valence-electron chi connectivity index (χ0n) is 6.76. The molecule has 0 aromatic heterocycles. The summed E-state index contributed by atoms with van der Waals surface area (Å²) in [5, 5.41) is 27.5. The smallest absolute Gasteiger partial charge is 0.120 e. The average Bonchev–Trinajstić information content (AvgIpc) is 2.28. The fourth-order valence-electron chi connectivity index (χ4n) is 1.87. The van der Waals surface area contributed by atoms with Crippen LogP contribution in [0.15, 0.2) is 0 Å². The van der Waals surface area contributed by atoms with Crippen molar-refractivity contribution in [3.63, 3.8) is 0 Å². The molecule has 4 nitrogen and oxygen atoms in total. The Hall–Kier alpha value is -0.450. The molecule has 1 aliphatic carbocycles. The van der Waals surface area contributed by atoms with Crippen molar-refractivity contribution in [1.29, 1.82) is 0 Å². The standard InChI is InChI=1S/C8H14O4/c9-2-1-5-6(4-10)8(12)3-7(5)11/h2,5-8,10-12H,1,3-4H2/t5-,6-,7+,8-/m1/s1. The average molecular weight is 174 g/mol. The molecular formula is C8H14O4. The Morgan fingerprint density at radius 2 is 1.83 bits per heavy atom. The van der Waals surface area contributed by atoms with Crippen LogP contribution in [0, 0.1) is 11.8 Å². The molecule has 4 atom stereocenters. The van der Waals surface area contributed by atoms with Crippen molar-refractivity contribution in [2.75, 3.05) is 6.61 Å². The summed E-state index contributed by atoms with van der Waals surface area (Å²) >= 11 is 0. The number of rotatable bonds is 3. The Morgan fingerprint density at radius 1 is 1.25 bits per heavy atom. The van der Waals surface area contributed by atoms with Crippen molar-refractivity contribution in [3.8, 4) is 0 Å². The van der Waals surface area contributed by atoms with Crippen LogP contribution in [-0.4, -0.2) is 40.4 Å². The number of carbonyl (C=O) groups is 1. The molecule has 1 aliphatic rings. The Balaban J connectivity index is 2.60. The van der Waals surface area contributed by atoms with Crippen LogP contribution in [0.4, 0.5) is 0 Å². The van der Waals surface area contributed by atoms with Gasteiger partial charge in [-0.3, -0.25) is 0 Å². The lowest BCUT2D eigenvalue weighted by Gasteiger charge is -2.18. The number of aliphatic hydroxyl groups is 3. The molecule has 12 heavy (non-hydrogen) atoms. The van der Waals surface area contributed by atoms with Gasteiger partial charge in [-0.25, -0.2) is 0 Å². The first-order chi connectivity index (χ1) is 5.70. The van der Waals surface area contributed by atoms with Gasteiger partial charge in [0.05, 0.1) is 12.2 Å². The summed E-state index contributed by atoms with van der Waals surface area (Å²) in [6.07, 6.45) is -0.126. The van der Waals surface area contributed by atoms with Crippen LogP contribution in [0.5, 0.6) is 0 Å². The van der Waals surface area contributed by atoms with Gasteiger partial charge in [-0.2, -0.15) is 0 Å². The molecule has 0 radical (unpaired) electrons. The summed E-state index contributed by atoms with van der Waals surface area (Å²) in [5.41, 5.74) is 0. The van der Waals surface area contributed by atoms with E-state index in [1.54, 1.807) is 0 Å². The Kier molecular flexibility index (Phi) is 3.20. The predicted molar refractivity (Wildman–Crippen MR) is 41.4 cm³/mol. The number of aldehydes is 1. The lowest BCUT2D eigenvalue weighted by Crippen LogP contribution is -2.25. The molecule has 0 heterocycles. The molecule has 1 saturated carbocycles. The zero-order chi connectivity index (χ0) is 9.14. The van der Waals surface area contributed by atoms with Gasteiger partial charge in [-0.15, -0.1) is 0 Å². The first-order valence-corrected chi connectivity index (χ1v) is 4.11. The summed E-state index contributed by atoms with van der Waals surface area (Å²) in [5.74, 6) is -0.618. The molecule has 1 fully saturated rings. The number of hydrogen-bond donors (Lipinski definition) is 3. The van der Waals surface area contributed by atoms with E-state index in [0.29, 0.717) is 6.29 Å². The fraction of sp³-hybridized carbons (Fsp3) is 0.875. The second-order valence-electron chi connectivity index (χ2n) is 3.28. The van der Waals surface area contributed by atoms with Crippen LogP contribution in [0.3, 0.4) is 0 Å². The maximum atomic E-state index is 10.2. The van der Waals surface area contributed by atoms with E-state index in [4.69, 9.17) is 5.11 Å². The largest absolute Gasteiger partial charge is 0.396 e. The maximum Gasteiger partial charge on any atom is 0.120 e. The van der Waals surface area contributed by atoms with Gasteiger partial charge in [0.15, 0.2) is 0 Å². The van der Waals surface area contributed by atoms with Crippen LogP contribution >= 0.6 is 0 Å². The second kappa shape index (κ2) is 3.98. The molecule has 0 aliphatic heterocycles. The third kappa shape index (κ3) is 1.65. The van der Waals surface area contributed by atoms with E-state index in [1.165, 1.54) is 0 Å².